The Labute approximate surface area is 165 Å². The van der Waals surface area contributed by atoms with E-state index < -0.39 is 10.0 Å². The number of nitrogens with one attached hydrogen (secondary N) is 1. The van der Waals surface area contributed by atoms with Crippen molar-refractivity contribution in [3.05, 3.63) is 95.6 Å². The number of para-hydroxylation sites is 1. The highest BCUT2D eigenvalue weighted by atomic mass is 32.2. The van der Waals surface area contributed by atoms with Crippen molar-refractivity contribution in [2.75, 3.05) is 11.9 Å². The molecule has 28 heavy (non-hydrogen) atoms. The molecule has 1 fully saturated rings. The molecule has 3 aromatic carbocycles. The Morgan fingerprint density at radius 3 is 2.36 bits per heavy atom. The van der Waals surface area contributed by atoms with Crippen LogP contribution < -0.4 is 5.32 Å². The number of fused-ring (bicyclic) bond motifs is 3. The number of hydrogen-bond acceptors (Lipinski definition) is 3. The second-order valence-corrected chi connectivity index (χ2v) is 9.50. The van der Waals surface area contributed by atoms with Gasteiger partial charge in [-0.25, -0.2) is 8.42 Å². The van der Waals surface area contributed by atoms with Crippen LogP contribution in [0.1, 0.15) is 23.1 Å². The lowest BCUT2D eigenvalue weighted by Gasteiger charge is -2.33. The molecule has 0 unspecified atom stereocenters. The van der Waals surface area contributed by atoms with E-state index in [1.165, 1.54) is 5.56 Å². The van der Waals surface area contributed by atoms with Crippen LogP contribution in [0.5, 0.6) is 0 Å². The highest BCUT2D eigenvalue weighted by Crippen LogP contribution is 2.53. The van der Waals surface area contributed by atoms with E-state index in [-0.39, 0.29) is 11.6 Å². The molecule has 0 amide bonds. The molecular weight excluding hydrogens is 368 g/mol. The normalized spacial score (nSPS) is 23.8. The molecule has 5 rings (SSSR count). The molecular formula is C23H22N2O2S. The molecule has 1 N–H and O–H groups in total. The van der Waals surface area contributed by atoms with Crippen LogP contribution in [-0.4, -0.2) is 25.4 Å². The Morgan fingerprint density at radius 2 is 1.61 bits per heavy atom. The van der Waals surface area contributed by atoms with E-state index in [9.17, 15) is 8.42 Å². The zero-order chi connectivity index (χ0) is 19.4. The minimum absolute atomic E-state index is 0.335. The maximum Gasteiger partial charge on any atom is 0.244 e. The quantitative estimate of drug-likeness (QED) is 0.732. The summed E-state index contributed by atoms with van der Waals surface area (Å²) in [4.78, 5) is 0.347. The van der Waals surface area contributed by atoms with Gasteiger partial charge in [0.25, 0.3) is 0 Å². The van der Waals surface area contributed by atoms with Crippen molar-refractivity contribution in [3.8, 4) is 0 Å². The molecule has 142 valence electrons. The maximum absolute atomic E-state index is 13.5. The van der Waals surface area contributed by atoms with Gasteiger partial charge in [0, 0.05) is 12.2 Å². The number of benzene rings is 3. The van der Waals surface area contributed by atoms with Gasteiger partial charge in [-0.2, -0.15) is 4.31 Å². The van der Waals surface area contributed by atoms with Gasteiger partial charge in [0.15, 0.2) is 0 Å². The summed E-state index contributed by atoms with van der Waals surface area (Å²) >= 11 is 0. The smallest absolute Gasteiger partial charge is 0.244 e. The fourth-order valence-electron chi connectivity index (χ4n) is 4.72. The molecule has 2 atom stereocenters. The van der Waals surface area contributed by atoms with Crippen molar-refractivity contribution in [1.29, 1.82) is 0 Å². The summed E-state index contributed by atoms with van der Waals surface area (Å²) in [6.07, 6.45) is 0.412. The fourth-order valence-corrected chi connectivity index (χ4v) is 6.31. The summed E-state index contributed by atoms with van der Waals surface area (Å²) < 4.78 is 28.6. The largest absolute Gasteiger partial charge is 0.367 e. The van der Waals surface area contributed by atoms with E-state index in [0.717, 1.165) is 23.2 Å². The summed E-state index contributed by atoms with van der Waals surface area (Å²) in [5.74, 6) is 0. The van der Waals surface area contributed by atoms with Crippen LogP contribution in [-0.2, 0) is 15.4 Å². The third-order valence-corrected chi connectivity index (χ3v) is 7.98. The number of aryl methyl sites for hydroxylation is 1. The van der Waals surface area contributed by atoms with Crippen molar-refractivity contribution >= 4 is 15.7 Å². The van der Waals surface area contributed by atoms with Crippen molar-refractivity contribution in [1.82, 2.24) is 4.31 Å². The maximum atomic E-state index is 13.5. The summed E-state index contributed by atoms with van der Waals surface area (Å²) in [5.41, 5.74) is 4.01. The van der Waals surface area contributed by atoms with Crippen LogP contribution in [0.15, 0.2) is 83.8 Å². The van der Waals surface area contributed by atoms with Gasteiger partial charge >= 0.3 is 0 Å². The number of nitrogens with zero attached hydrogens (tertiary/aromatic N) is 1. The van der Waals surface area contributed by atoms with Crippen molar-refractivity contribution in [3.63, 3.8) is 0 Å². The van der Waals surface area contributed by atoms with E-state index in [4.69, 9.17) is 0 Å². The van der Waals surface area contributed by atoms with Gasteiger partial charge in [0.1, 0.15) is 6.17 Å². The Hall–Kier alpha value is -2.63. The van der Waals surface area contributed by atoms with E-state index in [1.807, 2.05) is 55.5 Å². The SMILES string of the molecule is Cc1ccc(S(=O)(=O)N2CC[C@]3(c4ccccc4)c4ccccc4N[C@H]23)cc1. The van der Waals surface area contributed by atoms with E-state index in [2.05, 4.69) is 23.5 Å². The zero-order valence-corrected chi connectivity index (χ0v) is 16.5. The summed E-state index contributed by atoms with van der Waals surface area (Å²) in [6, 6.07) is 25.6. The molecule has 0 bridgehead atoms. The highest BCUT2D eigenvalue weighted by Gasteiger charge is 2.57. The lowest BCUT2D eigenvalue weighted by Crippen LogP contribution is -2.46. The first kappa shape index (κ1) is 17.5. The lowest BCUT2D eigenvalue weighted by atomic mass is 9.73. The van der Waals surface area contributed by atoms with Gasteiger partial charge in [0.05, 0.1) is 10.3 Å². The first-order valence-electron chi connectivity index (χ1n) is 9.53. The van der Waals surface area contributed by atoms with Crippen LogP contribution in [0.25, 0.3) is 0 Å². The minimum Gasteiger partial charge on any atom is -0.367 e. The van der Waals surface area contributed by atoms with Crippen LogP contribution in [0.3, 0.4) is 0 Å². The molecule has 0 aromatic heterocycles. The Balaban J connectivity index is 1.65. The third-order valence-electron chi connectivity index (χ3n) is 6.10. The molecule has 0 spiro atoms. The van der Waals surface area contributed by atoms with Crippen LogP contribution >= 0.6 is 0 Å². The number of rotatable bonds is 3. The van der Waals surface area contributed by atoms with Gasteiger partial charge in [-0.1, -0.05) is 66.2 Å². The first-order valence-corrected chi connectivity index (χ1v) is 11.0. The second kappa shape index (κ2) is 6.19. The fraction of sp³-hybridized carbons (Fsp3) is 0.217. The predicted molar refractivity (Wildman–Crippen MR) is 111 cm³/mol. The molecule has 5 heteroatoms. The molecule has 3 aromatic rings. The topological polar surface area (TPSA) is 49.4 Å². The highest BCUT2D eigenvalue weighted by molar-refractivity contribution is 7.89. The summed E-state index contributed by atoms with van der Waals surface area (Å²) in [7, 11) is -3.60. The molecule has 2 heterocycles. The first-order chi connectivity index (χ1) is 13.5. The number of anilines is 1. The van der Waals surface area contributed by atoms with E-state index >= 15 is 0 Å². The van der Waals surface area contributed by atoms with Crippen molar-refractivity contribution in [2.45, 2.75) is 29.8 Å². The van der Waals surface area contributed by atoms with Crippen LogP contribution in [0.4, 0.5) is 5.69 Å². The summed E-state index contributed by atoms with van der Waals surface area (Å²) in [6.45, 7) is 2.44. The molecule has 1 saturated heterocycles. The Bertz CT molecular complexity index is 1130. The van der Waals surface area contributed by atoms with Gasteiger partial charge in [-0.3, -0.25) is 0 Å². The van der Waals surface area contributed by atoms with Crippen LogP contribution in [0.2, 0.25) is 0 Å². The van der Waals surface area contributed by atoms with E-state index in [0.29, 0.717) is 11.4 Å². The van der Waals surface area contributed by atoms with Gasteiger partial charge in [-0.05, 0) is 42.7 Å². The van der Waals surface area contributed by atoms with Crippen molar-refractivity contribution < 1.29 is 8.42 Å². The summed E-state index contributed by atoms with van der Waals surface area (Å²) in [5, 5.41) is 3.52. The average Bonchev–Trinajstić information content (AvgIpc) is 3.24. The number of sulfonamides is 1. The molecule has 0 aliphatic carbocycles. The molecule has 2 aliphatic heterocycles. The Morgan fingerprint density at radius 1 is 0.929 bits per heavy atom. The van der Waals surface area contributed by atoms with Gasteiger partial charge < -0.3 is 5.32 Å². The minimum atomic E-state index is -3.60. The standard InChI is InChI=1S/C23H22N2O2S/c1-17-11-13-19(14-12-17)28(26,27)25-16-15-23(18-7-3-2-4-8-18)20-9-5-6-10-21(20)24-22(23)25/h2-14,22,24H,15-16H2,1H3/t22-,23+/m1/s1. The predicted octanol–water partition coefficient (Wildman–Crippen LogP) is 4.13. The molecule has 0 saturated carbocycles. The zero-order valence-electron chi connectivity index (χ0n) is 15.7. The lowest BCUT2D eigenvalue weighted by molar-refractivity contribution is 0.376. The van der Waals surface area contributed by atoms with Crippen LogP contribution in [0, 0.1) is 6.92 Å². The average molecular weight is 391 g/mol. The molecule has 4 nitrogen and oxygen atoms in total. The monoisotopic (exact) mass is 390 g/mol. The van der Waals surface area contributed by atoms with Gasteiger partial charge in [0.2, 0.25) is 10.0 Å². The molecule has 0 radical (unpaired) electrons. The van der Waals surface area contributed by atoms with Gasteiger partial charge in [-0.15, -0.1) is 0 Å². The van der Waals surface area contributed by atoms with Crippen molar-refractivity contribution in [2.24, 2.45) is 0 Å². The second-order valence-electron chi connectivity index (χ2n) is 7.61. The molecule has 2 aliphatic rings. The Kier molecular flexibility index (Phi) is 3.86. The number of hydrogen-bond donors (Lipinski definition) is 1. The van der Waals surface area contributed by atoms with E-state index in [1.54, 1.807) is 16.4 Å². The third kappa shape index (κ3) is 2.36.